The molecule has 0 radical (unpaired) electrons. The number of amides is 1. The Balaban J connectivity index is 1.66. The zero-order chi connectivity index (χ0) is 19.2. The molecule has 3 aromatic rings. The Hall–Kier alpha value is -2.93. The molecular weight excluding hydrogens is 365 g/mol. The lowest BCUT2D eigenvalue weighted by Crippen LogP contribution is -2.26. The highest BCUT2D eigenvalue weighted by molar-refractivity contribution is 7.99. The van der Waals surface area contributed by atoms with Crippen molar-refractivity contribution < 1.29 is 9.18 Å². The molecule has 0 bridgehead atoms. The van der Waals surface area contributed by atoms with Crippen molar-refractivity contribution in [3.8, 4) is 5.69 Å². The molecule has 0 aliphatic rings. The molecule has 0 aliphatic carbocycles. The predicted molar refractivity (Wildman–Crippen MR) is 104 cm³/mol. The number of aromatic nitrogens is 2. The van der Waals surface area contributed by atoms with Gasteiger partial charge in [0.1, 0.15) is 5.82 Å². The summed E-state index contributed by atoms with van der Waals surface area (Å²) in [7, 11) is 0. The second-order valence-corrected chi connectivity index (χ2v) is 6.86. The normalized spacial score (nSPS) is 10.6. The lowest BCUT2D eigenvalue weighted by Gasteiger charge is -2.09. The van der Waals surface area contributed by atoms with Crippen LogP contribution in [-0.4, -0.2) is 21.2 Å². The highest BCUT2D eigenvalue weighted by atomic mass is 32.2. The Labute approximate surface area is 160 Å². The van der Waals surface area contributed by atoms with Gasteiger partial charge in [-0.05, 0) is 30.2 Å². The molecule has 138 valence electrons. The van der Waals surface area contributed by atoms with Crippen LogP contribution in [-0.2, 0) is 11.3 Å². The lowest BCUT2D eigenvalue weighted by atomic mass is 10.2. The molecular formula is C20H18FN3O2S. The molecule has 2 aromatic carbocycles. The van der Waals surface area contributed by atoms with Crippen LogP contribution >= 0.6 is 11.8 Å². The van der Waals surface area contributed by atoms with Crippen molar-refractivity contribution >= 4 is 17.7 Å². The van der Waals surface area contributed by atoms with Crippen molar-refractivity contribution in [2.24, 2.45) is 0 Å². The maximum Gasteiger partial charge on any atom is 0.287 e. The van der Waals surface area contributed by atoms with Gasteiger partial charge >= 0.3 is 0 Å². The highest BCUT2D eigenvalue weighted by Gasteiger charge is 2.11. The van der Waals surface area contributed by atoms with Crippen molar-refractivity contribution in [3.05, 3.63) is 88.2 Å². The number of carbonyl (C=O) groups is 1. The quantitative estimate of drug-likeness (QED) is 0.665. The zero-order valence-electron chi connectivity index (χ0n) is 14.7. The predicted octanol–water partition coefficient (Wildman–Crippen LogP) is 3.09. The summed E-state index contributed by atoms with van der Waals surface area (Å²) in [6.07, 6.45) is 2.94. The summed E-state index contributed by atoms with van der Waals surface area (Å²) in [5, 5.41) is 2.99. The molecule has 1 N–H and O–H groups in total. The highest BCUT2D eigenvalue weighted by Crippen LogP contribution is 2.14. The average molecular weight is 383 g/mol. The van der Waals surface area contributed by atoms with Crippen LogP contribution in [0.15, 0.2) is 70.7 Å². The first kappa shape index (κ1) is 18.8. The molecule has 0 saturated heterocycles. The maximum atomic E-state index is 13.8. The number of hydrogen-bond acceptors (Lipinski definition) is 4. The van der Waals surface area contributed by atoms with E-state index in [1.165, 1.54) is 23.0 Å². The van der Waals surface area contributed by atoms with Crippen LogP contribution in [0.2, 0.25) is 0 Å². The minimum absolute atomic E-state index is 0.0708. The molecule has 27 heavy (non-hydrogen) atoms. The SMILES string of the molecule is Cc1ccc(-n2ccnc(SCC(=O)NCc3ccccc3)c2=O)cc1F. The third-order valence-corrected chi connectivity index (χ3v) is 4.88. The van der Waals surface area contributed by atoms with Gasteiger partial charge in [-0.2, -0.15) is 0 Å². The van der Waals surface area contributed by atoms with Gasteiger partial charge in [-0.3, -0.25) is 14.2 Å². The van der Waals surface area contributed by atoms with Gasteiger partial charge in [0, 0.05) is 18.9 Å². The number of hydrogen-bond donors (Lipinski definition) is 1. The summed E-state index contributed by atoms with van der Waals surface area (Å²) in [6, 6.07) is 14.1. The Kier molecular flexibility index (Phi) is 6.03. The van der Waals surface area contributed by atoms with Crippen molar-refractivity contribution in [1.82, 2.24) is 14.9 Å². The van der Waals surface area contributed by atoms with Crippen LogP contribution in [0.5, 0.6) is 0 Å². The largest absolute Gasteiger partial charge is 0.351 e. The van der Waals surface area contributed by atoms with E-state index in [0.29, 0.717) is 17.8 Å². The number of thioether (sulfide) groups is 1. The fourth-order valence-electron chi connectivity index (χ4n) is 2.41. The Bertz CT molecular complexity index is 1010. The van der Waals surface area contributed by atoms with Gasteiger partial charge in [0.25, 0.3) is 5.56 Å². The molecule has 1 heterocycles. The van der Waals surface area contributed by atoms with Gasteiger partial charge in [-0.25, -0.2) is 9.37 Å². The van der Waals surface area contributed by atoms with E-state index in [2.05, 4.69) is 10.3 Å². The van der Waals surface area contributed by atoms with Gasteiger partial charge in [-0.1, -0.05) is 48.2 Å². The van der Waals surface area contributed by atoms with E-state index >= 15 is 0 Å². The number of rotatable bonds is 6. The Morgan fingerprint density at radius 1 is 1.22 bits per heavy atom. The van der Waals surface area contributed by atoms with E-state index in [0.717, 1.165) is 17.3 Å². The van der Waals surface area contributed by atoms with Gasteiger partial charge in [0.15, 0.2) is 5.03 Å². The monoisotopic (exact) mass is 383 g/mol. The van der Waals surface area contributed by atoms with E-state index in [1.807, 2.05) is 30.3 Å². The molecule has 1 amide bonds. The smallest absolute Gasteiger partial charge is 0.287 e. The molecule has 0 fully saturated rings. The second kappa shape index (κ2) is 8.64. The minimum Gasteiger partial charge on any atom is -0.351 e. The van der Waals surface area contributed by atoms with E-state index in [9.17, 15) is 14.0 Å². The summed E-state index contributed by atoms with van der Waals surface area (Å²) in [5.74, 6) is -0.506. The van der Waals surface area contributed by atoms with Gasteiger partial charge in [0.2, 0.25) is 5.91 Å². The third-order valence-electron chi connectivity index (χ3n) is 3.92. The number of benzene rings is 2. The van der Waals surface area contributed by atoms with Gasteiger partial charge < -0.3 is 5.32 Å². The minimum atomic E-state index is -0.387. The number of nitrogens with one attached hydrogen (secondary N) is 1. The van der Waals surface area contributed by atoms with Crippen LogP contribution in [0, 0.1) is 12.7 Å². The molecule has 0 unspecified atom stereocenters. The first-order valence-electron chi connectivity index (χ1n) is 8.32. The zero-order valence-corrected chi connectivity index (χ0v) is 15.5. The van der Waals surface area contributed by atoms with Crippen molar-refractivity contribution in [2.45, 2.75) is 18.5 Å². The number of halogens is 1. The number of carbonyl (C=O) groups excluding carboxylic acids is 1. The van der Waals surface area contributed by atoms with E-state index in [1.54, 1.807) is 19.1 Å². The fourth-order valence-corrected chi connectivity index (χ4v) is 3.14. The molecule has 3 rings (SSSR count). The van der Waals surface area contributed by atoms with Crippen LogP contribution in [0.3, 0.4) is 0 Å². The second-order valence-electron chi connectivity index (χ2n) is 5.89. The van der Waals surface area contributed by atoms with Gasteiger partial charge in [-0.15, -0.1) is 0 Å². The summed E-state index contributed by atoms with van der Waals surface area (Å²) < 4.78 is 15.1. The van der Waals surface area contributed by atoms with Crippen molar-refractivity contribution in [2.75, 3.05) is 5.75 Å². The third kappa shape index (κ3) is 4.83. The first-order valence-corrected chi connectivity index (χ1v) is 9.31. The summed E-state index contributed by atoms with van der Waals surface area (Å²) in [4.78, 5) is 28.7. The summed E-state index contributed by atoms with van der Waals surface area (Å²) in [6.45, 7) is 2.08. The number of nitrogens with zero attached hydrogens (tertiary/aromatic N) is 2. The van der Waals surface area contributed by atoms with E-state index in [4.69, 9.17) is 0 Å². The topological polar surface area (TPSA) is 64.0 Å². The van der Waals surface area contributed by atoms with Crippen molar-refractivity contribution in [1.29, 1.82) is 0 Å². The average Bonchev–Trinajstić information content (AvgIpc) is 2.68. The van der Waals surface area contributed by atoms with E-state index in [-0.39, 0.29) is 28.1 Å². The molecule has 0 aliphatic heterocycles. The lowest BCUT2D eigenvalue weighted by molar-refractivity contribution is -0.118. The molecule has 0 spiro atoms. The maximum absolute atomic E-state index is 13.8. The Morgan fingerprint density at radius 2 is 2.00 bits per heavy atom. The van der Waals surface area contributed by atoms with Crippen LogP contribution in [0.1, 0.15) is 11.1 Å². The van der Waals surface area contributed by atoms with Crippen LogP contribution in [0.25, 0.3) is 5.69 Å². The van der Waals surface area contributed by atoms with Crippen LogP contribution < -0.4 is 10.9 Å². The standard InChI is InChI=1S/C20H18FN3O2S/c1-14-7-8-16(11-17(14)21)24-10-9-22-19(20(24)26)27-13-18(25)23-12-15-5-3-2-4-6-15/h2-11H,12-13H2,1H3,(H,23,25). The van der Waals surface area contributed by atoms with E-state index < -0.39 is 0 Å². The van der Waals surface area contributed by atoms with Crippen molar-refractivity contribution in [3.63, 3.8) is 0 Å². The molecule has 0 saturated carbocycles. The molecule has 7 heteroatoms. The first-order chi connectivity index (χ1) is 13.0. The Morgan fingerprint density at radius 3 is 2.74 bits per heavy atom. The van der Waals surface area contributed by atoms with Gasteiger partial charge in [0.05, 0.1) is 11.4 Å². The number of aryl methyl sites for hydroxylation is 1. The van der Waals surface area contributed by atoms with Crippen LogP contribution in [0.4, 0.5) is 4.39 Å². The molecule has 1 aromatic heterocycles. The molecule has 0 atom stereocenters. The summed E-state index contributed by atoms with van der Waals surface area (Å²) in [5.41, 5.74) is 1.53. The fraction of sp³-hybridized carbons (Fsp3) is 0.150. The molecule has 5 nitrogen and oxygen atoms in total. The summed E-state index contributed by atoms with van der Waals surface area (Å²) >= 11 is 1.06.